The van der Waals surface area contributed by atoms with Crippen molar-refractivity contribution in [1.82, 2.24) is 14.6 Å². The van der Waals surface area contributed by atoms with Crippen molar-refractivity contribution in [2.45, 2.75) is 32.3 Å². The van der Waals surface area contributed by atoms with Gasteiger partial charge in [0.15, 0.2) is 5.65 Å². The van der Waals surface area contributed by atoms with E-state index >= 15 is 0 Å². The molecule has 1 aliphatic rings. The quantitative estimate of drug-likeness (QED) is 0.863. The van der Waals surface area contributed by atoms with Crippen LogP contribution in [0, 0.1) is 12.8 Å². The molecule has 1 saturated carbocycles. The first-order chi connectivity index (χ1) is 8.72. The van der Waals surface area contributed by atoms with E-state index in [1.165, 1.54) is 5.56 Å². The van der Waals surface area contributed by atoms with Gasteiger partial charge in [-0.25, -0.2) is 4.98 Å². The molecule has 18 heavy (non-hydrogen) atoms. The van der Waals surface area contributed by atoms with Gasteiger partial charge >= 0.3 is 0 Å². The first-order valence-corrected chi connectivity index (χ1v) is 6.44. The van der Waals surface area contributed by atoms with Gasteiger partial charge in [0.2, 0.25) is 0 Å². The average Bonchev–Trinajstić information content (AvgIpc) is 2.94. The van der Waals surface area contributed by atoms with Gasteiger partial charge in [-0.15, -0.1) is 0 Å². The fraction of sp³-hybridized carbons (Fsp3) is 0.538. The van der Waals surface area contributed by atoms with Gasteiger partial charge in [0.05, 0.1) is 6.10 Å². The Hall–Kier alpha value is -1.62. The van der Waals surface area contributed by atoms with Crippen molar-refractivity contribution in [1.29, 1.82) is 0 Å². The summed E-state index contributed by atoms with van der Waals surface area (Å²) >= 11 is 0. The number of aliphatic hydroxyl groups excluding tert-OH is 1. The molecule has 3 rings (SSSR count). The summed E-state index contributed by atoms with van der Waals surface area (Å²) in [6, 6.07) is 4.09. The molecule has 0 spiro atoms. The lowest BCUT2D eigenvalue weighted by atomic mass is 10.1. The zero-order valence-corrected chi connectivity index (χ0v) is 10.5. The van der Waals surface area contributed by atoms with Crippen LogP contribution in [0.1, 0.15) is 24.8 Å². The molecule has 2 atom stereocenters. The highest BCUT2D eigenvalue weighted by Gasteiger charge is 2.22. The molecule has 5 nitrogen and oxygen atoms in total. The number of rotatable bonds is 3. The van der Waals surface area contributed by atoms with Crippen LogP contribution in [0.5, 0.6) is 0 Å². The molecule has 0 bridgehead atoms. The number of nitrogens with one attached hydrogen (secondary N) is 1. The number of aromatic nitrogens is 3. The zero-order chi connectivity index (χ0) is 12.5. The molecule has 5 heteroatoms. The van der Waals surface area contributed by atoms with Crippen LogP contribution >= 0.6 is 0 Å². The minimum absolute atomic E-state index is 0.110. The normalized spacial score (nSPS) is 23.7. The van der Waals surface area contributed by atoms with Gasteiger partial charge in [-0.1, -0.05) is 0 Å². The summed E-state index contributed by atoms with van der Waals surface area (Å²) < 4.78 is 1.82. The topological polar surface area (TPSA) is 62.5 Å². The summed E-state index contributed by atoms with van der Waals surface area (Å²) in [6.45, 7) is 2.94. The highest BCUT2D eigenvalue weighted by atomic mass is 16.3. The van der Waals surface area contributed by atoms with E-state index in [-0.39, 0.29) is 6.10 Å². The molecule has 2 N–H and O–H groups in total. The van der Waals surface area contributed by atoms with Crippen LogP contribution < -0.4 is 5.32 Å². The Morgan fingerprint density at radius 2 is 2.33 bits per heavy atom. The third-order valence-electron chi connectivity index (χ3n) is 3.61. The van der Waals surface area contributed by atoms with Gasteiger partial charge in [-0.3, -0.25) is 0 Å². The number of hydrogen-bond acceptors (Lipinski definition) is 4. The van der Waals surface area contributed by atoms with Crippen LogP contribution in [0.3, 0.4) is 0 Å². The lowest BCUT2D eigenvalue weighted by Gasteiger charge is -2.13. The molecule has 0 saturated heterocycles. The molecule has 96 valence electrons. The number of nitrogens with zero attached hydrogens (tertiary/aromatic N) is 3. The van der Waals surface area contributed by atoms with Crippen molar-refractivity contribution in [2.24, 2.45) is 5.92 Å². The molecule has 1 aliphatic carbocycles. The van der Waals surface area contributed by atoms with Crippen molar-refractivity contribution in [3.8, 4) is 0 Å². The van der Waals surface area contributed by atoms with Crippen LogP contribution in [0.25, 0.3) is 5.65 Å². The molecule has 1 fully saturated rings. The molecule has 2 unspecified atom stereocenters. The third kappa shape index (κ3) is 2.18. The van der Waals surface area contributed by atoms with Crippen molar-refractivity contribution in [3.05, 3.63) is 24.0 Å². The molecule has 2 heterocycles. The molecule has 0 radical (unpaired) electrons. The standard InChI is InChI=1S/C13H18N4O/c1-9-4-12(17-13(5-9)15-8-16-17)14-7-10-2-3-11(18)6-10/h4-5,8,10-11,14,18H,2-3,6-7H2,1H3. The van der Waals surface area contributed by atoms with Gasteiger partial charge in [-0.05, 0) is 49.8 Å². The Morgan fingerprint density at radius 3 is 3.11 bits per heavy atom. The first-order valence-electron chi connectivity index (χ1n) is 6.44. The Morgan fingerprint density at radius 1 is 1.44 bits per heavy atom. The van der Waals surface area contributed by atoms with Crippen molar-refractivity contribution in [2.75, 3.05) is 11.9 Å². The summed E-state index contributed by atoms with van der Waals surface area (Å²) in [4.78, 5) is 4.20. The monoisotopic (exact) mass is 246 g/mol. The van der Waals surface area contributed by atoms with E-state index in [2.05, 4.69) is 28.4 Å². The van der Waals surface area contributed by atoms with Crippen LogP contribution in [0.4, 0.5) is 5.82 Å². The molecular formula is C13H18N4O. The maximum absolute atomic E-state index is 9.52. The van der Waals surface area contributed by atoms with E-state index in [0.29, 0.717) is 5.92 Å². The fourth-order valence-corrected chi connectivity index (χ4v) is 2.67. The molecule has 0 aromatic carbocycles. The summed E-state index contributed by atoms with van der Waals surface area (Å²) in [6.07, 6.45) is 4.39. The van der Waals surface area contributed by atoms with E-state index in [1.807, 2.05) is 10.6 Å². The summed E-state index contributed by atoms with van der Waals surface area (Å²) in [5.74, 6) is 1.53. The van der Waals surface area contributed by atoms with E-state index in [0.717, 1.165) is 37.3 Å². The Labute approximate surface area is 106 Å². The van der Waals surface area contributed by atoms with E-state index in [1.54, 1.807) is 6.33 Å². The zero-order valence-electron chi connectivity index (χ0n) is 10.5. The number of pyridine rings is 1. The smallest absolute Gasteiger partial charge is 0.157 e. The van der Waals surface area contributed by atoms with Gasteiger partial charge in [0, 0.05) is 6.54 Å². The van der Waals surface area contributed by atoms with Crippen LogP contribution in [0.2, 0.25) is 0 Å². The predicted molar refractivity (Wildman–Crippen MR) is 69.6 cm³/mol. The van der Waals surface area contributed by atoms with Gasteiger partial charge in [0.1, 0.15) is 12.1 Å². The Bertz CT molecular complexity index is 551. The SMILES string of the molecule is Cc1cc(NCC2CCC(O)C2)n2ncnc2c1. The number of aliphatic hydroxyl groups is 1. The van der Waals surface area contributed by atoms with Gasteiger partial charge in [-0.2, -0.15) is 9.61 Å². The Balaban J connectivity index is 1.75. The highest BCUT2D eigenvalue weighted by Crippen LogP contribution is 2.25. The van der Waals surface area contributed by atoms with E-state index in [4.69, 9.17) is 0 Å². The van der Waals surface area contributed by atoms with Gasteiger partial charge in [0.25, 0.3) is 0 Å². The van der Waals surface area contributed by atoms with Gasteiger partial charge < -0.3 is 10.4 Å². The second-order valence-corrected chi connectivity index (χ2v) is 5.16. The molecular weight excluding hydrogens is 228 g/mol. The lowest BCUT2D eigenvalue weighted by Crippen LogP contribution is -2.15. The third-order valence-corrected chi connectivity index (χ3v) is 3.61. The maximum Gasteiger partial charge on any atom is 0.157 e. The second kappa shape index (κ2) is 4.57. The average molecular weight is 246 g/mol. The minimum Gasteiger partial charge on any atom is -0.393 e. The van der Waals surface area contributed by atoms with E-state index < -0.39 is 0 Å². The summed E-state index contributed by atoms with van der Waals surface area (Å²) in [5, 5.41) is 17.2. The van der Waals surface area contributed by atoms with Crippen molar-refractivity contribution >= 4 is 11.5 Å². The number of anilines is 1. The van der Waals surface area contributed by atoms with E-state index in [9.17, 15) is 5.11 Å². The number of fused-ring (bicyclic) bond motifs is 1. The molecule has 2 aromatic rings. The largest absolute Gasteiger partial charge is 0.393 e. The first kappa shape index (κ1) is 11.5. The Kier molecular flexibility index (Phi) is 2.91. The van der Waals surface area contributed by atoms with Crippen LogP contribution in [-0.4, -0.2) is 32.4 Å². The lowest BCUT2D eigenvalue weighted by molar-refractivity contribution is 0.178. The number of aryl methyl sites for hydroxylation is 1. The second-order valence-electron chi connectivity index (χ2n) is 5.16. The highest BCUT2D eigenvalue weighted by molar-refractivity contribution is 5.51. The van der Waals surface area contributed by atoms with Crippen molar-refractivity contribution < 1.29 is 5.11 Å². The summed E-state index contributed by atoms with van der Waals surface area (Å²) in [7, 11) is 0. The molecule has 0 amide bonds. The maximum atomic E-state index is 9.52. The molecule has 0 aliphatic heterocycles. The van der Waals surface area contributed by atoms with Crippen LogP contribution in [0.15, 0.2) is 18.5 Å². The summed E-state index contributed by atoms with van der Waals surface area (Å²) in [5.41, 5.74) is 2.04. The predicted octanol–water partition coefficient (Wildman–Crippen LogP) is 1.61. The minimum atomic E-state index is -0.110. The van der Waals surface area contributed by atoms with Crippen LogP contribution in [-0.2, 0) is 0 Å². The fourth-order valence-electron chi connectivity index (χ4n) is 2.67. The van der Waals surface area contributed by atoms with Crippen molar-refractivity contribution in [3.63, 3.8) is 0 Å². The number of hydrogen-bond donors (Lipinski definition) is 2. The molecule has 2 aromatic heterocycles.